The molecule has 0 spiro atoms. The normalized spacial score (nSPS) is 15.9. The molecule has 3 nitrogen and oxygen atoms in total. The van der Waals surface area contributed by atoms with Crippen molar-refractivity contribution in [1.29, 1.82) is 0 Å². The molecule has 0 aliphatic carbocycles. The lowest BCUT2D eigenvalue weighted by Crippen LogP contribution is -2.21. The van der Waals surface area contributed by atoms with Gasteiger partial charge >= 0.3 is 0 Å². The molecule has 0 radical (unpaired) electrons. The van der Waals surface area contributed by atoms with Crippen LogP contribution in [0, 0.1) is 0 Å². The van der Waals surface area contributed by atoms with E-state index in [-0.39, 0.29) is 0 Å². The maximum absolute atomic E-state index is 5.73. The monoisotopic (exact) mass is 221 g/mol. The molecule has 0 aromatic heterocycles. The number of para-hydroxylation sites is 1. The Bertz CT molecular complexity index is 352. The van der Waals surface area contributed by atoms with Crippen LogP contribution in [0.2, 0.25) is 0 Å². The third kappa shape index (κ3) is 2.14. The van der Waals surface area contributed by atoms with Crippen molar-refractivity contribution >= 4 is 0 Å². The van der Waals surface area contributed by atoms with Crippen LogP contribution in [0.4, 0.5) is 0 Å². The van der Waals surface area contributed by atoms with E-state index in [1.807, 2.05) is 19.2 Å². The Hall–Kier alpha value is -1.22. The third-order valence-corrected chi connectivity index (χ3v) is 2.98. The second-order valence-corrected chi connectivity index (χ2v) is 4.03. The number of rotatable bonds is 4. The lowest BCUT2D eigenvalue weighted by atomic mass is 9.95. The first-order valence-corrected chi connectivity index (χ1v) is 5.90. The molecule has 1 aliphatic rings. The van der Waals surface area contributed by atoms with E-state index >= 15 is 0 Å². The Morgan fingerprint density at radius 1 is 1.31 bits per heavy atom. The van der Waals surface area contributed by atoms with Gasteiger partial charge in [0, 0.05) is 12.1 Å². The van der Waals surface area contributed by atoms with Crippen molar-refractivity contribution in [2.75, 3.05) is 26.8 Å². The van der Waals surface area contributed by atoms with Gasteiger partial charge in [0.05, 0.1) is 0 Å². The summed E-state index contributed by atoms with van der Waals surface area (Å²) in [5, 5.41) is 3.23. The van der Waals surface area contributed by atoms with Gasteiger partial charge in [-0.2, -0.15) is 0 Å². The lowest BCUT2D eigenvalue weighted by molar-refractivity contribution is 0.169. The highest BCUT2D eigenvalue weighted by molar-refractivity contribution is 5.49. The van der Waals surface area contributed by atoms with E-state index in [4.69, 9.17) is 9.47 Å². The Kier molecular flexibility index (Phi) is 3.67. The minimum atomic E-state index is 0.488. The van der Waals surface area contributed by atoms with Gasteiger partial charge in [0.2, 0.25) is 0 Å². The van der Waals surface area contributed by atoms with Gasteiger partial charge in [-0.3, -0.25) is 0 Å². The number of hydrogen-bond donors (Lipinski definition) is 1. The van der Waals surface area contributed by atoms with Crippen LogP contribution in [0.3, 0.4) is 0 Å². The average molecular weight is 221 g/mol. The Morgan fingerprint density at radius 2 is 2.12 bits per heavy atom. The maximum Gasteiger partial charge on any atom is 0.164 e. The van der Waals surface area contributed by atoms with Crippen molar-refractivity contribution in [1.82, 2.24) is 5.32 Å². The van der Waals surface area contributed by atoms with Gasteiger partial charge in [-0.15, -0.1) is 0 Å². The lowest BCUT2D eigenvalue weighted by Gasteiger charge is -2.24. The van der Waals surface area contributed by atoms with E-state index in [0.29, 0.717) is 19.1 Å². The summed E-state index contributed by atoms with van der Waals surface area (Å²) in [6, 6.07) is 6.16. The van der Waals surface area contributed by atoms with Crippen molar-refractivity contribution in [2.24, 2.45) is 0 Å². The fourth-order valence-electron chi connectivity index (χ4n) is 2.14. The summed E-state index contributed by atoms with van der Waals surface area (Å²) in [6.45, 7) is 4.47. The van der Waals surface area contributed by atoms with E-state index in [0.717, 1.165) is 24.5 Å². The molecule has 1 aromatic rings. The predicted octanol–water partition coefficient (Wildman–Crippen LogP) is 2.17. The molecule has 1 unspecified atom stereocenters. The smallest absolute Gasteiger partial charge is 0.164 e. The first kappa shape index (κ1) is 11.3. The topological polar surface area (TPSA) is 30.5 Å². The van der Waals surface area contributed by atoms with Gasteiger partial charge in [0.1, 0.15) is 13.2 Å². The first-order chi connectivity index (χ1) is 7.86. The van der Waals surface area contributed by atoms with Crippen LogP contribution >= 0.6 is 0 Å². The van der Waals surface area contributed by atoms with Gasteiger partial charge in [0.25, 0.3) is 0 Å². The zero-order chi connectivity index (χ0) is 11.4. The quantitative estimate of drug-likeness (QED) is 0.845. The van der Waals surface area contributed by atoms with Crippen LogP contribution < -0.4 is 14.8 Å². The predicted molar refractivity (Wildman–Crippen MR) is 64.4 cm³/mol. The fourth-order valence-corrected chi connectivity index (χ4v) is 2.14. The molecule has 1 aromatic carbocycles. The number of fused-ring (bicyclic) bond motifs is 1. The molecule has 2 rings (SSSR count). The number of benzene rings is 1. The van der Waals surface area contributed by atoms with Gasteiger partial charge < -0.3 is 14.8 Å². The largest absolute Gasteiger partial charge is 0.486 e. The molecule has 0 saturated carbocycles. The second kappa shape index (κ2) is 5.21. The van der Waals surface area contributed by atoms with Gasteiger partial charge in [0.15, 0.2) is 11.5 Å². The van der Waals surface area contributed by atoms with Crippen LogP contribution in [-0.2, 0) is 0 Å². The molecule has 88 valence electrons. The van der Waals surface area contributed by atoms with E-state index < -0.39 is 0 Å². The summed E-state index contributed by atoms with van der Waals surface area (Å²) < 4.78 is 11.3. The van der Waals surface area contributed by atoms with E-state index in [2.05, 4.69) is 18.3 Å². The van der Waals surface area contributed by atoms with E-state index in [9.17, 15) is 0 Å². The van der Waals surface area contributed by atoms with E-state index in [1.165, 1.54) is 5.56 Å². The molecule has 0 fully saturated rings. The summed E-state index contributed by atoms with van der Waals surface area (Å²) in [5.74, 6) is 2.32. The van der Waals surface area contributed by atoms with E-state index in [1.54, 1.807) is 0 Å². The highest BCUT2D eigenvalue weighted by Crippen LogP contribution is 2.38. The fraction of sp³-hybridized carbons (Fsp3) is 0.538. The number of likely N-dealkylation sites (N-methyl/N-ethyl adjacent to an activating group) is 1. The summed E-state index contributed by atoms with van der Waals surface area (Å²) in [7, 11) is 1.98. The third-order valence-electron chi connectivity index (χ3n) is 2.98. The van der Waals surface area contributed by atoms with Crippen LogP contribution in [-0.4, -0.2) is 26.8 Å². The Morgan fingerprint density at radius 3 is 2.88 bits per heavy atom. The van der Waals surface area contributed by atoms with Crippen molar-refractivity contribution in [2.45, 2.75) is 19.3 Å². The zero-order valence-electron chi connectivity index (χ0n) is 9.95. The standard InChI is InChI=1S/C13H19NO2/c1-3-10(9-14-2)11-5-4-6-12-13(11)16-8-7-15-12/h4-6,10,14H,3,7-9H2,1-2H3. The van der Waals surface area contributed by atoms with Crippen molar-refractivity contribution in [3.63, 3.8) is 0 Å². The minimum absolute atomic E-state index is 0.488. The molecule has 1 aliphatic heterocycles. The molecule has 16 heavy (non-hydrogen) atoms. The summed E-state index contributed by atoms with van der Waals surface area (Å²) in [4.78, 5) is 0. The molecule has 1 heterocycles. The summed E-state index contributed by atoms with van der Waals surface area (Å²) in [6.07, 6.45) is 1.10. The molecular formula is C13H19NO2. The molecular weight excluding hydrogens is 202 g/mol. The Labute approximate surface area is 96.8 Å². The summed E-state index contributed by atoms with van der Waals surface area (Å²) in [5.41, 5.74) is 1.26. The van der Waals surface area contributed by atoms with Crippen LogP contribution in [0.5, 0.6) is 11.5 Å². The summed E-state index contributed by atoms with van der Waals surface area (Å²) >= 11 is 0. The second-order valence-electron chi connectivity index (χ2n) is 4.03. The number of hydrogen-bond acceptors (Lipinski definition) is 3. The molecule has 0 amide bonds. The van der Waals surface area contributed by atoms with Crippen LogP contribution in [0.15, 0.2) is 18.2 Å². The maximum atomic E-state index is 5.73. The zero-order valence-corrected chi connectivity index (χ0v) is 9.95. The Balaban J connectivity index is 2.31. The van der Waals surface area contributed by atoms with Gasteiger partial charge in [-0.25, -0.2) is 0 Å². The SMILES string of the molecule is CCC(CNC)c1cccc2c1OCCO2. The molecule has 3 heteroatoms. The van der Waals surface area contributed by atoms with Crippen molar-refractivity contribution in [3.05, 3.63) is 23.8 Å². The molecule has 0 saturated heterocycles. The van der Waals surface area contributed by atoms with Crippen LogP contribution in [0.1, 0.15) is 24.8 Å². The average Bonchev–Trinajstić information content (AvgIpc) is 2.35. The molecule has 1 atom stereocenters. The molecule has 1 N–H and O–H groups in total. The molecule has 0 bridgehead atoms. The number of nitrogens with one attached hydrogen (secondary N) is 1. The highest BCUT2D eigenvalue weighted by Gasteiger charge is 2.20. The van der Waals surface area contributed by atoms with Gasteiger partial charge in [-0.1, -0.05) is 19.1 Å². The van der Waals surface area contributed by atoms with Crippen molar-refractivity contribution in [3.8, 4) is 11.5 Å². The van der Waals surface area contributed by atoms with Crippen molar-refractivity contribution < 1.29 is 9.47 Å². The number of ether oxygens (including phenoxy) is 2. The minimum Gasteiger partial charge on any atom is -0.486 e. The first-order valence-electron chi connectivity index (χ1n) is 5.90. The van der Waals surface area contributed by atoms with Crippen LogP contribution in [0.25, 0.3) is 0 Å². The van der Waals surface area contributed by atoms with Gasteiger partial charge in [-0.05, 0) is 25.5 Å². The highest BCUT2D eigenvalue weighted by atomic mass is 16.6.